The van der Waals surface area contributed by atoms with Crippen LogP contribution in [0.3, 0.4) is 0 Å². The molecule has 0 fully saturated rings. The second kappa shape index (κ2) is 7.86. The summed E-state index contributed by atoms with van der Waals surface area (Å²) in [5.74, 6) is 0.631. The van der Waals surface area contributed by atoms with Crippen LogP contribution in [0.5, 0.6) is 0 Å². The van der Waals surface area contributed by atoms with E-state index in [9.17, 15) is 0 Å². The van der Waals surface area contributed by atoms with Crippen molar-refractivity contribution in [2.24, 2.45) is 5.92 Å². The van der Waals surface area contributed by atoms with Crippen LogP contribution in [0.25, 0.3) is 31.3 Å². The minimum atomic E-state index is 0.631. The number of hydrogen-bond donors (Lipinski definition) is 0. The zero-order chi connectivity index (χ0) is 21.5. The van der Waals surface area contributed by atoms with E-state index < -0.39 is 0 Å². The highest BCUT2D eigenvalue weighted by Gasteiger charge is 2.25. The normalized spacial score (nSPS) is 14.1. The van der Waals surface area contributed by atoms with Crippen LogP contribution in [-0.4, -0.2) is 11.3 Å². The molecule has 5 rings (SSSR count). The number of allylic oxidation sites excluding steroid dienone is 2. The van der Waals surface area contributed by atoms with Crippen LogP contribution in [0.4, 0.5) is 0 Å². The fourth-order valence-electron chi connectivity index (χ4n) is 4.45. The standard InChI is InChI=1S/C29H27NS/c1-19(2)16-21-14-15-30(4)26(17-21)28-20(3)10-12-25-24-13-11-23(18-27(24)31-29(25)28)22-8-6-5-7-9-22/h5-15,17-19H,4,16H2,1-3H3. The van der Waals surface area contributed by atoms with Crippen LogP contribution >= 0.6 is 11.3 Å². The molecule has 0 spiro atoms. The minimum Gasteiger partial charge on any atom is -0.255 e. The van der Waals surface area contributed by atoms with Gasteiger partial charge in [0.2, 0.25) is 0 Å². The van der Waals surface area contributed by atoms with Gasteiger partial charge in [-0.15, -0.1) is 12.1 Å². The molecule has 2 heterocycles. The fraction of sp³-hybridized carbons (Fsp3) is 0.172. The maximum atomic E-state index is 4.29. The van der Waals surface area contributed by atoms with Gasteiger partial charge in [-0.25, -0.2) is 0 Å². The molecule has 1 aliphatic rings. The third-order valence-electron chi connectivity index (χ3n) is 5.96. The smallest absolute Gasteiger partial charge is 0.159 e. The van der Waals surface area contributed by atoms with Crippen molar-refractivity contribution in [2.45, 2.75) is 27.2 Å². The molecule has 0 aliphatic carbocycles. The highest BCUT2D eigenvalue weighted by Crippen LogP contribution is 2.42. The maximum Gasteiger partial charge on any atom is 0.159 e. The lowest BCUT2D eigenvalue weighted by Crippen LogP contribution is -2.16. The minimum absolute atomic E-state index is 0.631. The van der Waals surface area contributed by atoms with Gasteiger partial charge in [-0.1, -0.05) is 103 Å². The van der Waals surface area contributed by atoms with Crippen LogP contribution < -0.4 is 0 Å². The number of nitrogens with zero attached hydrogens (tertiary/aromatic N) is 1. The van der Waals surface area contributed by atoms with Crippen LogP contribution in [0, 0.1) is 18.9 Å². The topological polar surface area (TPSA) is 3.01 Å². The van der Waals surface area contributed by atoms with Crippen LogP contribution in [0.15, 0.2) is 84.6 Å². The molecule has 1 aliphatic heterocycles. The largest absolute Gasteiger partial charge is 0.255 e. The Bertz CT molecular complexity index is 1350. The highest BCUT2D eigenvalue weighted by molar-refractivity contribution is 7.26. The average Bonchev–Trinajstić information content (AvgIpc) is 3.13. The predicted molar refractivity (Wildman–Crippen MR) is 136 cm³/mol. The first-order valence-electron chi connectivity index (χ1n) is 10.9. The van der Waals surface area contributed by atoms with E-state index in [2.05, 4.69) is 107 Å². The van der Waals surface area contributed by atoms with Crippen molar-refractivity contribution in [3.05, 3.63) is 102 Å². The third kappa shape index (κ3) is 3.62. The Balaban J connectivity index is 1.68. The third-order valence-corrected chi connectivity index (χ3v) is 7.14. The lowest BCUT2D eigenvalue weighted by Gasteiger charge is -2.22. The molecule has 3 aromatic carbocycles. The first-order chi connectivity index (χ1) is 15.0. The zero-order valence-electron chi connectivity index (χ0n) is 18.4. The summed E-state index contributed by atoms with van der Waals surface area (Å²) in [5, 5.41) is 2.66. The number of thiophene rings is 1. The first-order valence-corrected chi connectivity index (χ1v) is 11.7. The van der Waals surface area contributed by atoms with Gasteiger partial charge in [0.1, 0.15) is 17.5 Å². The van der Waals surface area contributed by atoms with E-state index in [1.165, 1.54) is 54.0 Å². The molecule has 1 nitrogen and oxygen atoms in total. The molecular weight excluding hydrogens is 394 g/mol. The zero-order valence-corrected chi connectivity index (χ0v) is 19.2. The monoisotopic (exact) mass is 421 g/mol. The molecule has 154 valence electrons. The first kappa shape index (κ1) is 19.8. The molecule has 0 amide bonds. The van der Waals surface area contributed by atoms with Crippen LogP contribution in [0.1, 0.15) is 31.4 Å². The van der Waals surface area contributed by atoms with Crippen LogP contribution in [0.2, 0.25) is 0 Å². The van der Waals surface area contributed by atoms with Gasteiger partial charge in [-0.05, 0) is 23.8 Å². The molecule has 0 radical (unpaired) electrons. The Morgan fingerprint density at radius 1 is 1.00 bits per heavy atom. The Kier molecular flexibility index (Phi) is 5.03. The summed E-state index contributed by atoms with van der Waals surface area (Å²) in [6.07, 6.45) is 7.71. The summed E-state index contributed by atoms with van der Waals surface area (Å²) in [5.41, 5.74) is 6.50. The summed E-state index contributed by atoms with van der Waals surface area (Å²) >= 11 is 1.89. The van der Waals surface area contributed by atoms with E-state index in [0.717, 1.165) is 6.42 Å². The number of fused-ring (bicyclic) bond motifs is 3. The Labute approximate surface area is 188 Å². The van der Waals surface area contributed by atoms with Crippen molar-refractivity contribution in [3.8, 4) is 11.1 Å². The second-order valence-corrected chi connectivity index (χ2v) is 9.85. The summed E-state index contributed by atoms with van der Waals surface area (Å²) in [6, 6.07) is 23.2. The summed E-state index contributed by atoms with van der Waals surface area (Å²) in [4.78, 5) is 0. The van der Waals surface area contributed by atoms with Gasteiger partial charge >= 0.3 is 0 Å². The summed E-state index contributed by atoms with van der Waals surface area (Å²) in [6.45, 7) is 11.0. The van der Waals surface area contributed by atoms with E-state index >= 15 is 0 Å². The number of hydrogen-bond acceptors (Lipinski definition) is 0. The molecular formula is C29H27NS. The van der Waals surface area contributed by atoms with Gasteiger partial charge < -0.3 is 0 Å². The van der Waals surface area contributed by atoms with Crippen molar-refractivity contribution in [3.63, 3.8) is 0 Å². The number of benzene rings is 3. The molecule has 0 atom stereocenters. The molecule has 31 heavy (non-hydrogen) atoms. The second-order valence-electron chi connectivity index (χ2n) is 8.80. The quantitative estimate of drug-likeness (QED) is 0.178. The lowest BCUT2D eigenvalue weighted by molar-refractivity contribution is -0.417. The van der Waals surface area contributed by atoms with Gasteiger partial charge in [0.25, 0.3) is 0 Å². The molecule has 0 saturated carbocycles. The molecule has 0 N–H and O–H groups in total. The maximum absolute atomic E-state index is 4.29. The Morgan fingerprint density at radius 2 is 1.81 bits per heavy atom. The summed E-state index contributed by atoms with van der Waals surface area (Å²) < 4.78 is 4.70. The van der Waals surface area contributed by atoms with Gasteiger partial charge in [0.05, 0.1) is 6.72 Å². The molecule has 0 saturated heterocycles. The van der Waals surface area contributed by atoms with Gasteiger partial charge in [0, 0.05) is 5.56 Å². The van der Waals surface area contributed by atoms with Crippen molar-refractivity contribution in [2.75, 3.05) is 0 Å². The van der Waals surface area contributed by atoms with Crippen molar-refractivity contribution in [1.29, 1.82) is 0 Å². The molecule has 0 unspecified atom stereocenters. The average molecular weight is 422 g/mol. The molecule has 1 aromatic heterocycles. The lowest BCUT2D eigenvalue weighted by atomic mass is 9.92. The Morgan fingerprint density at radius 3 is 2.58 bits per heavy atom. The van der Waals surface area contributed by atoms with E-state index in [1.54, 1.807) is 0 Å². The number of aryl methyl sites for hydroxylation is 1. The fourth-order valence-corrected chi connectivity index (χ4v) is 5.80. The van der Waals surface area contributed by atoms with E-state index in [0.29, 0.717) is 5.92 Å². The van der Waals surface area contributed by atoms with Gasteiger partial charge in [-0.2, -0.15) is 0 Å². The van der Waals surface area contributed by atoms with Gasteiger partial charge in [0.15, 0.2) is 15.4 Å². The molecule has 0 bridgehead atoms. The van der Waals surface area contributed by atoms with Crippen molar-refractivity contribution >= 4 is 38.2 Å². The number of rotatable bonds is 4. The molecule has 4 aromatic rings. The van der Waals surface area contributed by atoms with Gasteiger partial charge in [-0.3, -0.25) is 4.58 Å². The highest BCUT2D eigenvalue weighted by atomic mass is 32.1. The van der Waals surface area contributed by atoms with E-state index in [1.807, 2.05) is 15.9 Å². The van der Waals surface area contributed by atoms with E-state index in [-0.39, 0.29) is 0 Å². The predicted octanol–water partition coefficient (Wildman–Crippen LogP) is 8.12. The summed E-state index contributed by atoms with van der Waals surface area (Å²) in [7, 11) is 0. The SMILES string of the molecule is C=[N+]1C=CC(CC(C)C)=C[C-]1c1c(C)ccc2c1[s+][c-]1cc(-c3ccccc3)ccc21. The molecule has 2 heteroatoms. The van der Waals surface area contributed by atoms with E-state index in [4.69, 9.17) is 0 Å². The van der Waals surface area contributed by atoms with Crippen molar-refractivity contribution < 1.29 is 4.58 Å². The van der Waals surface area contributed by atoms with Crippen molar-refractivity contribution in [1.82, 2.24) is 0 Å². The Hall–Kier alpha value is -3.10. The van der Waals surface area contributed by atoms with Crippen LogP contribution in [-0.2, 0) is 0 Å².